The lowest BCUT2D eigenvalue weighted by Crippen LogP contribution is -2.37. The molecule has 4 aromatic rings. The number of aryl methyl sites for hydroxylation is 1. The average Bonchev–Trinajstić information content (AvgIpc) is 3.34. The number of carbonyl (C=O) groups excluding carboxylic acids is 1. The Balaban J connectivity index is 1.66. The van der Waals surface area contributed by atoms with Crippen LogP contribution in [0.2, 0.25) is 0 Å². The molecule has 0 saturated heterocycles. The molecule has 0 aliphatic heterocycles. The van der Waals surface area contributed by atoms with E-state index in [1.807, 2.05) is 0 Å². The predicted molar refractivity (Wildman–Crippen MR) is 126 cm³/mol. The first-order chi connectivity index (χ1) is 18.1. The second kappa shape index (κ2) is 11.2. The van der Waals surface area contributed by atoms with Crippen LogP contribution in [0.15, 0.2) is 67.3 Å². The number of hydrogen-bond acceptors (Lipinski definition) is 6. The van der Waals surface area contributed by atoms with E-state index >= 15 is 0 Å². The average molecular weight is 528 g/mol. The van der Waals surface area contributed by atoms with Crippen molar-refractivity contribution >= 4 is 11.9 Å². The lowest BCUT2D eigenvalue weighted by atomic mass is 10.1. The van der Waals surface area contributed by atoms with E-state index in [0.29, 0.717) is 0 Å². The summed E-state index contributed by atoms with van der Waals surface area (Å²) < 4.78 is 55.5. The van der Waals surface area contributed by atoms with Crippen LogP contribution in [-0.4, -0.2) is 47.5 Å². The Morgan fingerprint density at radius 2 is 1.74 bits per heavy atom. The van der Waals surface area contributed by atoms with Crippen molar-refractivity contribution in [3.63, 3.8) is 0 Å². The number of pyridine rings is 1. The number of halogens is 4. The van der Waals surface area contributed by atoms with Crippen molar-refractivity contribution in [2.24, 2.45) is 0 Å². The van der Waals surface area contributed by atoms with Gasteiger partial charge >= 0.3 is 12.1 Å². The van der Waals surface area contributed by atoms with E-state index in [-0.39, 0.29) is 41.6 Å². The Labute approximate surface area is 213 Å². The molecule has 0 aliphatic carbocycles. The quantitative estimate of drug-likeness (QED) is 0.314. The number of amides is 1. The van der Waals surface area contributed by atoms with Crippen molar-refractivity contribution < 1.29 is 32.3 Å². The molecule has 0 unspecified atom stereocenters. The highest BCUT2D eigenvalue weighted by Gasteiger charge is 2.34. The fraction of sp³-hybridized carbons (Fsp3) is 0.200. The van der Waals surface area contributed by atoms with Gasteiger partial charge in [0, 0.05) is 24.9 Å². The highest BCUT2D eigenvalue weighted by Crippen LogP contribution is 2.35. The molecular weight excluding hydrogens is 508 g/mol. The molecule has 0 spiro atoms. The number of para-hydroxylation sites is 1. The lowest BCUT2D eigenvalue weighted by molar-refractivity contribution is -0.138. The van der Waals surface area contributed by atoms with E-state index in [1.165, 1.54) is 30.5 Å². The molecule has 9 nitrogen and oxygen atoms in total. The third kappa shape index (κ3) is 6.35. The number of hydrogen-bond donors (Lipinski definition) is 2. The largest absolute Gasteiger partial charge is 0.481 e. The molecule has 0 saturated carbocycles. The summed E-state index contributed by atoms with van der Waals surface area (Å²) >= 11 is 0. The summed E-state index contributed by atoms with van der Waals surface area (Å²) in [7, 11) is 0. The van der Waals surface area contributed by atoms with Gasteiger partial charge in [0.15, 0.2) is 11.6 Å². The number of alkyl halides is 3. The predicted octanol–water partition coefficient (Wildman–Crippen LogP) is 4.09. The monoisotopic (exact) mass is 528 g/mol. The fourth-order valence-electron chi connectivity index (χ4n) is 3.74. The fourth-order valence-corrected chi connectivity index (χ4v) is 3.74. The zero-order valence-corrected chi connectivity index (χ0v) is 19.6. The van der Waals surface area contributed by atoms with Crippen LogP contribution >= 0.6 is 0 Å². The van der Waals surface area contributed by atoms with Gasteiger partial charge in [0.25, 0.3) is 5.91 Å². The molecule has 1 aromatic carbocycles. The number of carboxylic acid groups (broad SMARTS) is 1. The van der Waals surface area contributed by atoms with Crippen molar-refractivity contribution in [2.45, 2.75) is 31.5 Å². The van der Waals surface area contributed by atoms with Gasteiger partial charge in [-0.05, 0) is 30.7 Å². The summed E-state index contributed by atoms with van der Waals surface area (Å²) in [5.41, 5.74) is -1.22. The number of carbonyl (C=O) groups is 2. The van der Waals surface area contributed by atoms with Crippen LogP contribution in [0.1, 0.15) is 34.7 Å². The Kier molecular flexibility index (Phi) is 7.74. The topological polar surface area (TPSA) is 123 Å². The second-order valence-electron chi connectivity index (χ2n) is 8.17. The SMILES string of the molecule is O=C(O)C[C@H](CCc1ncc(F)cn1)NC(=O)c1cn(-c2ccccc2C(F)(F)F)c(-c2ccccn2)n1. The van der Waals surface area contributed by atoms with E-state index < -0.39 is 41.9 Å². The molecule has 1 atom stereocenters. The van der Waals surface area contributed by atoms with Gasteiger partial charge in [-0.3, -0.25) is 19.1 Å². The highest BCUT2D eigenvalue weighted by molar-refractivity contribution is 5.93. The molecule has 3 heterocycles. The van der Waals surface area contributed by atoms with Gasteiger partial charge in [-0.25, -0.2) is 19.3 Å². The maximum atomic E-state index is 13.8. The lowest BCUT2D eigenvalue weighted by Gasteiger charge is -2.16. The molecule has 38 heavy (non-hydrogen) atoms. The Bertz CT molecular complexity index is 1430. The second-order valence-corrected chi connectivity index (χ2v) is 8.17. The number of aromatic nitrogens is 5. The van der Waals surface area contributed by atoms with Crippen molar-refractivity contribution in [1.82, 2.24) is 29.8 Å². The normalized spacial score (nSPS) is 12.2. The Hall–Kier alpha value is -4.68. The first kappa shape index (κ1) is 26.4. The zero-order chi connectivity index (χ0) is 27.3. The number of nitrogens with zero attached hydrogens (tertiary/aromatic N) is 5. The molecule has 2 N–H and O–H groups in total. The summed E-state index contributed by atoms with van der Waals surface area (Å²) in [6, 6.07) is 8.72. The first-order valence-electron chi connectivity index (χ1n) is 11.3. The molecule has 0 bridgehead atoms. The van der Waals surface area contributed by atoms with E-state index in [4.69, 9.17) is 0 Å². The van der Waals surface area contributed by atoms with Gasteiger partial charge in [0.05, 0.1) is 30.1 Å². The molecule has 0 aliphatic rings. The number of aliphatic carboxylic acids is 1. The number of imidazole rings is 1. The Morgan fingerprint density at radius 1 is 1.03 bits per heavy atom. The van der Waals surface area contributed by atoms with Crippen molar-refractivity contribution in [2.75, 3.05) is 0 Å². The first-order valence-corrected chi connectivity index (χ1v) is 11.3. The Morgan fingerprint density at radius 3 is 2.39 bits per heavy atom. The highest BCUT2D eigenvalue weighted by atomic mass is 19.4. The number of rotatable bonds is 9. The van der Waals surface area contributed by atoms with E-state index in [0.717, 1.165) is 29.2 Å². The van der Waals surface area contributed by atoms with Crippen LogP contribution in [0.4, 0.5) is 17.6 Å². The third-order valence-electron chi connectivity index (χ3n) is 5.45. The standard InChI is InChI=1S/C25H20F4N6O3/c26-15-12-31-21(32-13-15)9-8-16(11-22(36)37)33-24(38)19-14-35(23(34-19)18-6-3-4-10-30-18)20-7-2-1-5-17(20)25(27,28)29/h1-7,10,12-14,16H,8-9,11H2,(H,33,38)(H,36,37)/t16-/m0/s1. The molecule has 0 fully saturated rings. The van der Waals surface area contributed by atoms with Gasteiger partial charge in [-0.15, -0.1) is 0 Å². The minimum atomic E-state index is -4.68. The van der Waals surface area contributed by atoms with Crippen molar-refractivity contribution in [3.05, 3.63) is 90.2 Å². The number of nitrogens with one attached hydrogen (secondary N) is 1. The summed E-state index contributed by atoms with van der Waals surface area (Å²) in [6.07, 6.45) is -0.360. The van der Waals surface area contributed by atoms with Gasteiger partial charge in [-0.2, -0.15) is 13.2 Å². The molecular formula is C25H20F4N6O3. The molecule has 1 amide bonds. The summed E-state index contributed by atoms with van der Waals surface area (Å²) in [5, 5.41) is 11.9. The summed E-state index contributed by atoms with van der Waals surface area (Å²) in [6.45, 7) is 0. The minimum Gasteiger partial charge on any atom is -0.481 e. The molecule has 3 aromatic heterocycles. The number of benzene rings is 1. The van der Waals surface area contributed by atoms with Crippen molar-refractivity contribution in [3.8, 4) is 17.2 Å². The van der Waals surface area contributed by atoms with E-state index in [9.17, 15) is 32.3 Å². The van der Waals surface area contributed by atoms with E-state index in [2.05, 4.69) is 25.3 Å². The smallest absolute Gasteiger partial charge is 0.418 e. The van der Waals surface area contributed by atoms with Crippen molar-refractivity contribution in [1.29, 1.82) is 0 Å². The molecule has 13 heteroatoms. The molecule has 196 valence electrons. The third-order valence-corrected chi connectivity index (χ3v) is 5.45. The summed E-state index contributed by atoms with van der Waals surface area (Å²) in [4.78, 5) is 40.5. The maximum absolute atomic E-state index is 13.8. The van der Waals surface area contributed by atoms with Gasteiger partial charge in [0.2, 0.25) is 0 Å². The van der Waals surface area contributed by atoms with Gasteiger partial charge in [0.1, 0.15) is 17.2 Å². The minimum absolute atomic E-state index is 0.0121. The zero-order valence-electron chi connectivity index (χ0n) is 19.6. The van der Waals surface area contributed by atoms with Crippen LogP contribution in [0.5, 0.6) is 0 Å². The van der Waals surface area contributed by atoms with Gasteiger partial charge in [-0.1, -0.05) is 18.2 Å². The number of carboxylic acids is 1. The van der Waals surface area contributed by atoms with E-state index in [1.54, 1.807) is 12.1 Å². The maximum Gasteiger partial charge on any atom is 0.418 e. The van der Waals surface area contributed by atoms with Crippen LogP contribution < -0.4 is 5.32 Å². The molecule has 0 radical (unpaired) electrons. The molecule has 4 rings (SSSR count). The van der Waals surface area contributed by atoms with Crippen LogP contribution in [0.25, 0.3) is 17.2 Å². The van der Waals surface area contributed by atoms with Crippen LogP contribution in [0.3, 0.4) is 0 Å². The van der Waals surface area contributed by atoms with Crippen LogP contribution in [0, 0.1) is 5.82 Å². The summed E-state index contributed by atoms with van der Waals surface area (Å²) in [5.74, 6) is -2.37. The van der Waals surface area contributed by atoms with Crippen LogP contribution in [-0.2, 0) is 17.4 Å². The van der Waals surface area contributed by atoms with Gasteiger partial charge < -0.3 is 10.4 Å².